The summed E-state index contributed by atoms with van der Waals surface area (Å²) < 4.78 is 11.3. The van der Waals surface area contributed by atoms with E-state index >= 15 is 0 Å². The van der Waals surface area contributed by atoms with Gasteiger partial charge in [0.25, 0.3) is 5.91 Å². The van der Waals surface area contributed by atoms with Gasteiger partial charge in [-0.25, -0.2) is 4.79 Å². The van der Waals surface area contributed by atoms with Gasteiger partial charge in [0.15, 0.2) is 6.61 Å². The summed E-state index contributed by atoms with van der Waals surface area (Å²) in [6.45, 7) is 1.68. The van der Waals surface area contributed by atoms with Crippen molar-refractivity contribution < 1.29 is 13.9 Å². The normalized spacial score (nSPS) is 12.8. The Hall–Kier alpha value is -2.50. The fourth-order valence-corrected chi connectivity index (χ4v) is 4.00. The minimum absolute atomic E-state index is 0.203. The third kappa shape index (κ3) is 3.60. The molecule has 1 aliphatic carbocycles. The first-order valence-electron chi connectivity index (χ1n) is 8.89. The van der Waals surface area contributed by atoms with Gasteiger partial charge in [-0.05, 0) is 67.6 Å². The molecule has 0 bridgehead atoms. The van der Waals surface area contributed by atoms with Crippen molar-refractivity contribution in [1.82, 2.24) is 0 Å². The van der Waals surface area contributed by atoms with E-state index in [1.165, 1.54) is 0 Å². The Bertz CT molecular complexity index is 1150. The van der Waals surface area contributed by atoms with E-state index in [-0.39, 0.29) is 18.1 Å². The molecule has 28 heavy (non-hydrogen) atoms. The summed E-state index contributed by atoms with van der Waals surface area (Å²) in [6, 6.07) is 8.49. The molecule has 0 radical (unpaired) electrons. The van der Waals surface area contributed by atoms with Crippen molar-refractivity contribution in [3.63, 3.8) is 0 Å². The molecular weight excluding hydrogens is 401 g/mol. The second kappa shape index (κ2) is 7.49. The molecule has 5 nitrogen and oxygen atoms in total. The Balaban J connectivity index is 1.60. The van der Waals surface area contributed by atoms with E-state index in [2.05, 4.69) is 5.32 Å². The molecule has 0 unspecified atom stereocenters. The molecule has 7 heteroatoms. The Morgan fingerprint density at radius 1 is 1.18 bits per heavy atom. The monoisotopic (exact) mass is 417 g/mol. The molecule has 2 aromatic carbocycles. The highest BCUT2D eigenvalue weighted by molar-refractivity contribution is 6.36. The summed E-state index contributed by atoms with van der Waals surface area (Å²) in [5, 5.41) is 4.31. The number of carbonyl (C=O) groups excluding carboxylic acids is 1. The average molecular weight is 418 g/mol. The van der Waals surface area contributed by atoms with E-state index in [1.54, 1.807) is 18.2 Å². The summed E-state index contributed by atoms with van der Waals surface area (Å²) in [5.74, 6) is 0.183. The Morgan fingerprint density at radius 3 is 2.75 bits per heavy atom. The molecule has 0 saturated carbocycles. The Labute approximate surface area is 171 Å². The minimum atomic E-state index is -0.354. The van der Waals surface area contributed by atoms with Gasteiger partial charge < -0.3 is 14.5 Å². The van der Waals surface area contributed by atoms with Gasteiger partial charge in [-0.15, -0.1) is 0 Å². The molecule has 1 N–H and O–H groups in total. The first-order chi connectivity index (χ1) is 13.4. The third-order valence-electron chi connectivity index (χ3n) is 4.74. The molecule has 0 spiro atoms. The summed E-state index contributed by atoms with van der Waals surface area (Å²) >= 11 is 12.0. The molecule has 1 amide bonds. The maximum atomic E-state index is 12.3. The molecule has 0 saturated heterocycles. The lowest BCUT2D eigenvalue weighted by Crippen LogP contribution is -2.20. The van der Waals surface area contributed by atoms with E-state index in [0.717, 1.165) is 29.4 Å². The highest BCUT2D eigenvalue weighted by atomic mass is 35.5. The van der Waals surface area contributed by atoms with Crippen LogP contribution in [0.1, 0.15) is 23.1 Å². The van der Waals surface area contributed by atoms with Crippen molar-refractivity contribution in [1.29, 1.82) is 0 Å². The van der Waals surface area contributed by atoms with Gasteiger partial charge in [0, 0.05) is 10.6 Å². The van der Waals surface area contributed by atoms with Crippen LogP contribution in [-0.2, 0) is 17.6 Å². The number of nitrogens with one attached hydrogen (secondary N) is 1. The average Bonchev–Trinajstić information content (AvgIpc) is 3.12. The van der Waals surface area contributed by atoms with Gasteiger partial charge >= 0.3 is 5.63 Å². The minimum Gasteiger partial charge on any atom is -0.483 e. The first-order valence-corrected chi connectivity index (χ1v) is 9.65. The number of fused-ring (bicyclic) bond motifs is 3. The number of ether oxygens (including phenoxy) is 1. The molecule has 1 aromatic heterocycles. The topological polar surface area (TPSA) is 68.5 Å². The van der Waals surface area contributed by atoms with E-state index in [1.807, 2.05) is 19.1 Å². The number of halogens is 2. The number of rotatable bonds is 4. The molecule has 0 aliphatic heterocycles. The summed E-state index contributed by atoms with van der Waals surface area (Å²) in [6.07, 6.45) is 2.40. The van der Waals surface area contributed by atoms with Crippen LogP contribution in [0, 0.1) is 6.92 Å². The van der Waals surface area contributed by atoms with Crippen LogP contribution < -0.4 is 15.7 Å². The highest BCUT2D eigenvalue weighted by Crippen LogP contribution is 2.35. The van der Waals surface area contributed by atoms with Gasteiger partial charge in [-0.3, -0.25) is 4.79 Å². The number of aryl methyl sites for hydroxylation is 2. The molecule has 4 rings (SSSR count). The number of carbonyl (C=O) groups is 1. The summed E-state index contributed by atoms with van der Waals surface area (Å²) in [7, 11) is 0. The maximum absolute atomic E-state index is 12.3. The van der Waals surface area contributed by atoms with Crippen LogP contribution in [0.5, 0.6) is 5.75 Å². The SMILES string of the molecule is Cc1cc(OCC(=O)Nc2ccc(Cl)cc2Cl)c2c3c(c(=O)oc2c1)CCC3. The maximum Gasteiger partial charge on any atom is 0.339 e. The van der Waals surface area contributed by atoms with Crippen LogP contribution in [0.15, 0.2) is 39.5 Å². The van der Waals surface area contributed by atoms with Gasteiger partial charge in [0.1, 0.15) is 11.3 Å². The molecule has 1 heterocycles. The quantitative estimate of drug-likeness (QED) is 0.611. The van der Waals surface area contributed by atoms with Crippen LogP contribution in [-0.4, -0.2) is 12.5 Å². The van der Waals surface area contributed by atoms with Gasteiger partial charge in [-0.2, -0.15) is 0 Å². The number of hydrogen-bond donors (Lipinski definition) is 1. The smallest absolute Gasteiger partial charge is 0.339 e. The van der Waals surface area contributed by atoms with Crippen molar-refractivity contribution in [3.8, 4) is 5.75 Å². The van der Waals surface area contributed by atoms with E-state index in [0.29, 0.717) is 39.0 Å². The fourth-order valence-electron chi connectivity index (χ4n) is 3.54. The lowest BCUT2D eigenvalue weighted by atomic mass is 10.0. The standard InChI is InChI=1S/C21H17Cl2NO4/c1-11-7-17(20-13-3-2-4-14(13)21(26)28-18(20)8-11)27-10-19(25)24-16-6-5-12(22)9-15(16)23/h5-9H,2-4,10H2,1H3,(H,24,25). The van der Waals surface area contributed by atoms with Gasteiger partial charge in [0.2, 0.25) is 0 Å². The molecule has 0 fully saturated rings. The Kier molecular flexibility index (Phi) is 5.04. The van der Waals surface area contributed by atoms with Crippen molar-refractivity contribution in [2.24, 2.45) is 0 Å². The molecule has 144 valence electrons. The molecule has 3 aromatic rings. The van der Waals surface area contributed by atoms with E-state index < -0.39 is 0 Å². The van der Waals surface area contributed by atoms with Crippen LogP contribution in [0.3, 0.4) is 0 Å². The lowest BCUT2D eigenvalue weighted by molar-refractivity contribution is -0.118. The number of benzene rings is 2. The fraction of sp³-hybridized carbons (Fsp3) is 0.238. The number of amides is 1. The van der Waals surface area contributed by atoms with Gasteiger partial charge in [-0.1, -0.05) is 23.2 Å². The van der Waals surface area contributed by atoms with Crippen LogP contribution in [0.2, 0.25) is 10.0 Å². The molecule has 1 aliphatic rings. The van der Waals surface area contributed by atoms with Crippen molar-refractivity contribution in [2.45, 2.75) is 26.2 Å². The van der Waals surface area contributed by atoms with Crippen LogP contribution >= 0.6 is 23.2 Å². The zero-order valence-electron chi connectivity index (χ0n) is 15.1. The van der Waals surface area contributed by atoms with Crippen molar-refractivity contribution in [2.75, 3.05) is 11.9 Å². The van der Waals surface area contributed by atoms with Crippen molar-refractivity contribution >= 4 is 45.8 Å². The van der Waals surface area contributed by atoms with E-state index in [9.17, 15) is 9.59 Å². The highest BCUT2D eigenvalue weighted by Gasteiger charge is 2.22. The second-order valence-electron chi connectivity index (χ2n) is 6.80. The summed E-state index contributed by atoms with van der Waals surface area (Å²) in [5.41, 5.74) is 3.21. The second-order valence-corrected chi connectivity index (χ2v) is 7.64. The zero-order chi connectivity index (χ0) is 19.8. The third-order valence-corrected chi connectivity index (χ3v) is 5.29. The number of hydrogen-bond acceptors (Lipinski definition) is 4. The zero-order valence-corrected chi connectivity index (χ0v) is 16.6. The van der Waals surface area contributed by atoms with Crippen LogP contribution in [0.4, 0.5) is 5.69 Å². The number of anilines is 1. The summed E-state index contributed by atoms with van der Waals surface area (Å²) in [4.78, 5) is 24.5. The van der Waals surface area contributed by atoms with Gasteiger partial charge in [0.05, 0.1) is 16.1 Å². The lowest BCUT2D eigenvalue weighted by Gasteiger charge is -2.13. The first kappa shape index (κ1) is 18.8. The molecular formula is C21H17Cl2NO4. The largest absolute Gasteiger partial charge is 0.483 e. The van der Waals surface area contributed by atoms with Crippen molar-refractivity contribution in [3.05, 3.63) is 67.5 Å². The predicted octanol–water partition coefficient (Wildman–Crippen LogP) is 4.91. The molecule has 0 atom stereocenters. The van der Waals surface area contributed by atoms with E-state index in [4.69, 9.17) is 32.4 Å². The van der Waals surface area contributed by atoms with Crippen LogP contribution in [0.25, 0.3) is 11.0 Å². The Morgan fingerprint density at radius 2 is 1.96 bits per heavy atom. The predicted molar refractivity (Wildman–Crippen MR) is 110 cm³/mol.